The second-order valence-corrected chi connectivity index (χ2v) is 16.4. The van der Waals surface area contributed by atoms with Crippen molar-refractivity contribution >= 4 is 19.8 Å². The normalized spacial score (nSPS) is 12.4. The van der Waals surface area contributed by atoms with Gasteiger partial charge in [0.2, 0.25) is 0 Å². The van der Waals surface area contributed by atoms with Crippen LogP contribution in [0, 0.1) is 5.92 Å². The van der Waals surface area contributed by atoms with E-state index in [-0.39, 0.29) is 19.4 Å². The van der Waals surface area contributed by atoms with Crippen LogP contribution in [0.15, 0.2) is 0 Å². The van der Waals surface area contributed by atoms with Crippen molar-refractivity contribution < 1.29 is 37.9 Å². The molecule has 50 heavy (non-hydrogen) atoms. The van der Waals surface area contributed by atoms with Gasteiger partial charge in [-0.05, 0) is 18.8 Å². The van der Waals surface area contributed by atoms with Crippen LogP contribution < -0.4 is 0 Å². The summed E-state index contributed by atoms with van der Waals surface area (Å²) in [4.78, 5) is 42.8. The Morgan fingerprint density at radius 1 is 0.500 bits per heavy atom. The average Bonchev–Trinajstić information content (AvgIpc) is 3.07. The molecule has 2 N–H and O–H groups in total. The van der Waals surface area contributed by atoms with Crippen LogP contribution in [0.2, 0.25) is 0 Å². The van der Waals surface area contributed by atoms with Gasteiger partial charge in [-0.3, -0.25) is 14.1 Å². The van der Waals surface area contributed by atoms with Gasteiger partial charge in [-0.25, -0.2) is 4.57 Å². The Kier molecular flexibility index (Phi) is 35.7. The van der Waals surface area contributed by atoms with Crippen LogP contribution in [-0.4, -0.2) is 41.0 Å². The highest BCUT2D eigenvalue weighted by molar-refractivity contribution is 7.46. The third-order valence-electron chi connectivity index (χ3n) is 9.55. The molecule has 0 aromatic heterocycles. The number of hydrogen-bond acceptors (Lipinski definition) is 6. The number of unbranched alkanes of at least 4 members (excludes halogenated alkanes) is 27. The number of esters is 2. The second kappa shape index (κ2) is 36.4. The smallest absolute Gasteiger partial charge is 0.462 e. The number of ether oxygens (including phenoxy) is 2. The SMILES string of the molecule is CCCCCCCCCCCCCCCCCC(=O)O[C@H](COC(=O)CCCCCCCCCCCCCCCCC(C)C)COP(=O)(O)O. The molecule has 298 valence electrons. The number of carbonyl (C=O) groups is 2. The molecule has 0 aromatic rings. The van der Waals surface area contributed by atoms with Gasteiger partial charge < -0.3 is 19.3 Å². The number of phosphoric ester groups is 1. The molecule has 0 heterocycles. The topological polar surface area (TPSA) is 119 Å². The van der Waals surface area contributed by atoms with E-state index in [1.165, 1.54) is 154 Å². The van der Waals surface area contributed by atoms with Crippen molar-refractivity contribution in [3.8, 4) is 0 Å². The summed E-state index contributed by atoms with van der Waals surface area (Å²) < 4.78 is 26.4. The number of phosphoric acid groups is 1. The van der Waals surface area contributed by atoms with Crippen LogP contribution in [0.5, 0.6) is 0 Å². The minimum absolute atomic E-state index is 0.220. The standard InChI is InChI=1S/C41H81O8P/c1-4-5-6-7-8-9-10-11-12-17-20-23-26-29-32-35-41(43)49-39(37-48-50(44,45)46)36-47-40(42)34-31-28-25-22-19-16-14-13-15-18-21-24-27-30-33-38(2)3/h38-39H,4-37H2,1-3H3,(H2,44,45,46)/t39-/m1/s1. The molecule has 0 saturated heterocycles. The zero-order valence-corrected chi connectivity index (χ0v) is 33.9. The Morgan fingerprint density at radius 3 is 1.20 bits per heavy atom. The highest BCUT2D eigenvalue weighted by Crippen LogP contribution is 2.36. The maximum Gasteiger partial charge on any atom is 0.469 e. The number of carbonyl (C=O) groups excluding carboxylic acids is 2. The lowest BCUT2D eigenvalue weighted by molar-refractivity contribution is -0.161. The molecule has 1 atom stereocenters. The summed E-state index contributed by atoms with van der Waals surface area (Å²) in [6.07, 6.45) is 36.8. The van der Waals surface area contributed by atoms with Crippen LogP contribution in [0.25, 0.3) is 0 Å². The van der Waals surface area contributed by atoms with Crippen molar-refractivity contribution in [2.24, 2.45) is 5.92 Å². The van der Waals surface area contributed by atoms with Crippen molar-refractivity contribution in [2.75, 3.05) is 13.2 Å². The molecule has 9 heteroatoms. The van der Waals surface area contributed by atoms with Crippen molar-refractivity contribution in [1.29, 1.82) is 0 Å². The van der Waals surface area contributed by atoms with Gasteiger partial charge in [0.05, 0.1) is 6.61 Å². The predicted octanol–water partition coefficient (Wildman–Crippen LogP) is 12.7. The Balaban J connectivity index is 3.86. The lowest BCUT2D eigenvalue weighted by Crippen LogP contribution is -2.29. The Labute approximate surface area is 308 Å². The number of rotatable bonds is 39. The van der Waals surface area contributed by atoms with Gasteiger partial charge in [0.25, 0.3) is 0 Å². The minimum Gasteiger partial charge on any atom is -0.462 e. The van der Waals surface area contributed by atoms with Crippen molar-refractivity contribution in [3.05, 3.63) is 0 Å². The molecule has 0 aliphatic rings. The quantitative estimate of drug-likeness (QED) is 0.0364. The summed E-state index contributed by atoms with van der Waals surface area (Å²) in [6, 6.07) is 0. The van der Waals surface area contributed by atoms with E-state index in [2.05, 4.69) is 25.3 Å². The summed E-state index contributed by atoms with van der Waals surface area (Å²) in [7, 11) is -4.74. The Bertz CT molecular complexity index is 799. The molecule has 0 rings (SSSR count). The minimum atomic E-state index is -4.74. The van der Waals surface area contributed by atoms with Gasteiger partial charge in [0.1, 0.15) is 6.61 Å². The molecule has 0 aromatic carbocycles. The van der Waals surface area contributed by atoms with Crippen molar-refractivity contribution in [2.45, 2.75) is 232 Å². The fourth-order valence-electron chi connectivity index (χ4n) is 6.38. The molecule has 0 radical (unpaired) electrons. The van der Waals surface area contributed by atoms with Crippen LogP contribution in [0.1, 0.15) is 226 Å². The zero-order chi connectivity index (χ0) is 37.0. The highest BCUT2D eigenvalue weighted by atomic mass is 31.2. The van der Waals surface area contributed by atoms with E-state index in [1.54, 1.807) is 0 Å². The fourth-order valence-corrected chi connectivity index (χ4v) is 6.74. The Hall–Kier alpha value is -0.950. The van der Waals surface area contributed by atoms with Gasteiger partial charge >= 0.3 is 19.8 Å². The second-order valence-electron chi connectivity index (χ2n) is 15.2. The van der Waals surface area contributed by atoms with Crippen LogP contribution in [0.4, 0.5) is 0 Å². The van der Waals surface area contributed by atoms with Gasteiger partial charge in [0, 0.05) is 12.8 Å². The van der Waals surface area contributed by atoms with E-state index in [0.717, 1.165) is 38.0 Å². The van der Waals surface area contributed by atoms with Gasteiger partial charge in [-0.1, -0.05) is 201 Å². The summed E-state index contributed by atoms with van der Waals surface area (Å²) in [5.41, 5.74) is 0. The molecule has 0 aliphatic carbocycles. The van der Waals surface area contributed by atoms with Crippen LogP contribution in [-0.2, 0) is 28.2 Å². The van der Waals surface area contributed by atoms with E-state index in [9.17, 15) is 14.2 Å². The summed E-state index contributed by atoms with van der Waals surface area (Å²) in [5.74, 6) is -0.0353. The molecule has 0 fully saturated rings. The molecular formula is C41H81O8P. The maximum atomic E-state index is 12.4. The van der Waals surface area contributed by atoms with Gasteiger partial charge in [0.15, 0.2) is 6.10 Å². The summed E-state index contributed by atoms with van der Waals surface area (Å²) >= 11 is 0. The predicted molar refractivity (Wildman–Crippen MR) is 207 cm³/mol. The number of hydrogen-bond donors (Lipinski definition) is 2. The largest absolute Gasteiger partial charge is 0.469 e. The van der Waals surface area contributed by atoms with Crippen molar-refractivity contribution in [1.82, 2.24) is 0 Å². The van der Waals surface area contributed by atoms with Crippen molar-refractivity contribution in [3.63, 3.8) is 0 Å². The fraction of sp³-hybridized carbons (Fsp3) is 0.951. The summed E-state index contributed by atoms with van der Waals surface area (Å²) in [6.45, 7) is 6.06. The molecule has 0 amide bonds. The van der Waals surface area contributed by atoms with E-state index in [0.29, 0.717) is 6.42 Å². The van der Waals surface area contributed by atoms with Crippen LogP contribution in [0.3, 0.4) is 0 Å². The monoisotopic (exact) mass is 733 g/mol. The lowest BCUT2D eigenvalue weighted by atomic mass is 10.0. The first-order valence-electron chi connectivity index (χ1n) is 21.2. The highest BCUT2D eigenvalue weighted by Gasteiger charge is 2.23. The van der Waals surface area contributed by atoms with E-state index in [1.807, 2.05) is 0 Å². The van der Waals surface area contributed by atoms with Crippen LogP contribution >= 0.6 is 7.82 Å². The van der Waals surface area contributed by atoms with E-state index in [4.69, 9.17) is 19.3 Å². The molecule has 8 nitrogen and oxygen atoms in total. The van der Waals surface area contributed by atoms with Gasteiger partial charge in [-0.15, -0.1) is 0 Å². The summed E-state index contributed by atoms with van der Waals surface area (Å²) in [5, 5.41) is 0. The molecular weight excluding hydrogens is 651 g/mol. The molecule has 0 spiro atoms. The molecule has 0 unspecified atom stereocenters. The first-order valence-corrected chi connectivity index (χ1v) is 22.7. The van der Waals surface area contributed by atoms with E-state index < -0.39 is 32.5 Å². The molecule has 0 aliphatic heterocycles. The van der Waals surface area contributed by atoms with Gasteiger partial charge in [-0.2, -0.15) is 0 Å². The first-order chi connectivity index (χ1) is 24.1. The third-order valence-corrected chi connectivity index (χ3v) is 10.0. The maximum absolute atomic E-state index is 12.4. The van der Waals surface area contributed by atoms with E-state index >= 15 is 0 Å². The average molecular weight is 733 g/mol. The molecule has 0 saturated carbocycles. The zero-order valence-electron chi connectivity index (χ0n) is 33.0. The first kappa shape index (κ1) is 49.0. The Morgan fingerprint density at radius 2 is 0.840 bits per heavy atom. The molecule has 0 bridgehead atoms. The lowest BCUT2D eigenvalue weighted by Gasteiger charge is -2.18. The third kappa shape index (κ3) is 39.8.